The molecule has 0 saturated carbocycles. The fraction of sp³-hybridized carbons (Fsp3) is 0.643. The van der Waals surface area contributed by atoms with Crippen LogP contribution in [-0.4, -0.2) is 46.6 Å². The second-order valence-electron chi connectivity index (χ2n) is 6.48. The highest BCUT2D eigenvalue weighted by Crippen LogP contribution is 2.34. The van der Waals surface area contributed by atoms with Crippen LogP contribution >= 0.6 is 11.3 Å². The van der Waals surface area contributed by atoms with E-state index >= 15 is 0 Å². The molecule has 1 aromatic rings. The van der Waals surface area contributed by atoms with Gasteiger partial charge in [-0.1, -0.05) is 20.8 Å². The van der Waals surface area contributed by atoms with E-state index in [1.54, 1.807) is 5.51 Å². The molecular formula is C14H19FN2O3S. The zero-order chi connectivity index (χ0) is 15.8. The van der Waals surface area contributed by atoms with Gasteiger partial charge in [0.2, 0.25) is 0 Å². The molecular weight excluding hydrogens is 295 g/mol. The normalized spacial score (nSPS) is 22.6. The number of alkyl halides is 1. The SMILES string of the molecule is CC(C)(C)c1ncsc1C(=O)N1CCC(CF)(C(=O)O)C1. The van der Waals surface area contributed by atoms with Crippen LogP contribution in [0.4, 0.5) is 4.39 Å². The van der Waals surface area contributed by atoms with E-state index in [0.717, 1.165) is 0 Å². The first kappa shape index (κ1) is 15.9. The lowest BCUT2D eigenvalue weighted by Gasteiger charge is -2.23. The molecule has 1 unspecified atom stereocenters. The van der Waals surface area contributed by atoms with Gasteiger partial charge in [0.15, 0.2) is 0 Å². The monoisotopic (exact) mass is 314 g/mol. The van der Waals surface area contributed by atoms with Gasteiger partial charge < -0.3 is 10.0 Å². The highest BCUT2D eigenvalue weighted by molar-refractivity contribution is 7.11. The largest absolute Gasteiger partial charge is 0.481 e. The van der Waals surface area contributed by atoms with Crippen molar-refractivity contribution in [2.24, 2.45) is 5.41 Å². The van der Waals surface area contributed by atoms with Crippen molar-refractivity contribution >= 4 is 23.2 Å². The maximum atomic E-state index is 13.1. The van der Waals surface area contributed by atoms with Gasteiger partial charge in [-0.15, -0.1) is 11.3 Å². The number of carbonyl (C=O) groups excluding carboxylic acids is 1. The van der Waals surface area contributed by atoms with Gasteiger partial charge in [-0.3, -0.25) is 9.59 Å². The average molecular weight is 314 g/mol. The van der Waals surface area contributed by atoms with E-state index in [0.29, 0.717) is 10.6 Å². The Morgan fingerprint density at radius 2 is 2.19 bits per heavy atom. The van der Waals surface area contributed by atoms with Gasteiger partial charge in [0.25, 0.3) is 5.91 Å². The second-order valence-corrected chi connectivity index (χ2v) is 7.33. The Morgan fingerprint density at radius 1 is 1.52 bits per heavy atom. The number of rotatable bonds is 3. The van der Waals surface area contributed by atoms with Crippen molar-refractivity contribution < 1.29 is 19.1 Å². The van der Waals surface area contributed by atoms with Gasteiger partial charge in [0.05, 0.1) is 11.2 Å². The van der Waals surface area contributed by atoms with Gasteiger partial charge in [-0.2, -0.15) is 0 Å². The lowest BCUT2D eigenvalue weighted by atomic mass is 9.89. The Labute approximate surface area is 126 Å². The summed E-state index contributed by atoms with van der Waals surface area (Å²) in [6.07, 6.45) is 0.147. The van der Waals surface area contributed by atoms with Crippen molar-refractivity contribution in [3.63, 3.8) is 0 Å². The first-order valence-corrected chi connectivity index (χ1v) is 7.62. The van der Waals surface area contributed by atoms with Crippen LogP contribution in [0, 0.1) is 5.41 Å². The first-order chi connectivity index (χ1) is 9.71. The van der Waals surface area contributed by atoms with E-state index in [2.05, 4.69) is 4.98 Å². The third kappa shape index (κ3) is 2.79. The minimum Gasteiger partial charge on any atom is -0.481 e. The maximum absolute atomic E-state index is 13.1. The number of likely N-dealkylation sites (tertiary alicyclic amines) is 1. The lowest BCUT2D eigenvalue weighted by Crippen LogP contribution is -2.38. The third-order valence-corrected chi connectivity index (χ3v) is 4.64. The number of carbonyl (C=O) groups is 2. The first-order valence-electron chi connectivity index (χ1n) is 6.74. The Kier molecular flexibility index (Phi) is 4.06. The van der Waals surface area contributed by atoms with E-state index in [1.165, 1.54) is 16.2 Å². The van der Waals surface area contributed by atoms with Crippen LogP contribution in [0.1, 0.15) is 42.6 Å². The molecule has 1 saturated heterocycles. The Morgan fingerprint density at radius 3 is 2.67 bits per heavy atom. The van der Waals surface area contributed by atoms with Gasteiger partial charge >= 0.3 is 5.97 Å². The van der Waals surface area contributed by atoms with Crippen molar-refractivity contribution in [2.45, 2.75) is 32.6 Å². The molecule has 5 nitrogen and oxygen atoms in total. The quantitative estimate of drug-likeness (QED) is 0.929. The van der Waals surface area contributed by atoms with Crippen molar-refractivity contribution in [1.29, 1.82) is 0 Å². The van der Waals surface area contributed by atoms with Crippen molar-refractivity contribution in [2.75, 3.05) is 19.8 Å². The Balaban J connectivity index is 2.24. The van der Waals surface area contributed by atoms with Crippen molar-refractivity contribution in [3.8, 4) is 0 Å². The molecule has 0 aliphatic carbocycles. The number of aromatic nitrogens is 1. The van der Waals surface area contributed by atoms with E-state index in [9.17, 15) is 19.1 Å². The molecule has 2 rings (SSSR count). The fourth-order valence-corrected chi connectivity index (χ4v) is 3.43. The minimum atomic E-state index is -1.46. The van der Waals surface area contributed by atoms with E-state index in [1.807, 2.05) is 20.8 Å². The summed E-state index contributed by atoms with van der Waals surface area (Å²) in [5.74, 6) is -1.43. The molecule has 21 heavy (non-hydrogen) atoms. The summed E-state index contributed by atoms with van der Waals surface area (Å²) in [6, 6.07) is 0. The van der Waals surface area contributed by atoms with Crippen LogP contribution in [0.5, 0.6) is 0 Å². The molecule has 116 valence electrons. The summed E-state index contributed by atoms with van der Waals surface area (Å²) in [5, 5.41) is 9.19. The summed E-state index contributed by atoms with van der Waals surface area (Å²) < 4.78 is 13.1. The highest BCUT2D eigenvalue weighted by atomic mass is 32.1. The summed E-state index contributed by atoms with van der Waals surface area (Å²) in [6.45, 7) is 5.11. The molecule has 7 heteroatoms. The third-order valence-electron chi connectivity index (χ3n) is 3.82. The molecule has 1 aromatic heterocycles. The number of nitrogens with zero attached hydrogens (tertiary/aromatic N) is 2. The van der Waals surface area contributed by atoms with Crippen LogP contribution in [0.3, 0.4) is 0 Å². The van der Waals surface area contributed by atoms with Gasteiger partial charge in [0.1, 0.15) is 17.0 Å². The topological polar surface area (TPSA) is 70.5 Å². The fourth-order valence-electron chi connectivity index (χ4n) is 2.46. The predicted molar refractivity (Wildman–Crippen MR) is 77.4 cm³/mol. The molecule has 1 aliphatic heterocycles. The smallest absolute Gasteiger partial charge is 0.314 e. The number of carboxylic acids is 1. The van der Waals surface area contributed by atoms with Gasteiger partial charge in [0, 0.05) is 18.5 Å². The summed E-state index contributed by atoms with van der Waals surface area (Å²) in [5.41, 5.74) is 0.589. The number of aliphatic carboxylic acids is 1. The van der Waals surface area contributed by atoms with Crippen molar-refractivity contribution in [1.82, 2.24) is 9.88 Å². The molecule has 1 amide bonds. The number of amides is 1. The maximum Gasteiger partial charge on any atom is 0.314 e. The van der Waals surface area contributed by atoms with Crippen LogP contribution in [0.15, 0.2) is 5.51 Å². The lowest BCUT2D eigenvalue weighted by molar-refractivity contribution is -0.149. The molecule has 2 heterocycles. The average Bonchev–Trinajstić information content (AvgIpc) is 3.05. The van der Waals surface area contributed by atoms with Gasteiger partial charge in [-0.25, -0.2) is 9.37 Å². The van der Waals surface area contributed by atoms with Crippen LogP contribution in [0.25, 0.3) is 0 Å². The number of carboxylic acid groups (broad SMARTS) is 1. The molecule has 1 N–H and O–H groups in total. The Bertz CT molecular complexity index is 567. The molecule has 1 atom stereocenters. The number of hydrogen-bond donors (Lipinski definition) is 1. The summed E-state index contributed by atoms with van der Waals surface area (Å²) >= 11 is 1.24. The van der Waals surface area contributed by atoms with E-state index in [4.69, 9.17) is 0 Å². The molecule has 0 aromatic carbocycles. The minimum absolute atomic E-state index is 0.0842. The number of thiazole rings is 1. The number of hydrogen-bond acceptors (Lipinski definition) is 4. The molecule has 1 aliphatic rings. The zero-order valence-corrected chi connectivity index (χ0v) is 13.2. The van der Waals surface area contributed by atoms with Crippen molar-refractivity contribution in [3.05, 3.63) is 16.1 Å². The molecule has 1 fully saturated rings. The standard InChI is InChI=1S/C14H19FN2O3S/c1-13(2,3)10-9(21-8-16-10)11(18)17-5-4-14(6-15,7-17)12(19)20/h8H,4-7H2,1-3H3,(H,19,20). The molecule has 0 spiro atoms. The highest BCUT2D eigenvalue weighted by Gasteiger charge is 2.47. The summed E-state index contributed by atoms with van der Waals surface area (Å²) in [7, 11) is 0. The van der Waals surface area contributed by atoms with Crippen LogP contribution in [0.2, 0.25) is 0 Å². The second kappa shape index (κ2) is 5.36. The molecule has 0 bridgehead atoms. The predicted octanol–water partition coefficient (Wildman–Crippen LogP) is 2.33. The van der Waals surface area contributed by atoms with E-state index < -0.39 is 18.1 Å². The zero-order valence-electron chi connectivity index (χ0n) is 12.4. The number of halogens is 1. The van der Waals surface area contributed by atoms with Crippen LogP contribution in [-0.2, 0) is 10.2 Å². The molecule has 0 radical (unpaired) electrons. The summed E-state index contributed by atoms with van der Waals surface area (Å²) in [4.78, 5) is 30.0. The van der Waals surface area contributed by atoms with E-state index in [-0.39, 0.29) is 30.8 Å². The van der Waals surface area contributed by atoms with Crippen LogP contribution < -0.4 is 0 Å². The Hall–Kier alpha value is -1.50. The van der Waals surface area contributed by atoms with Gasteiger partial charge in [-0.05, 0) is 6.42 Å².